The van der Waals surface area contributed by atoms with E-state index in [0.29, 0.717) is 11.5 Å². The van der Waals surface area contributed by atoms with Crippen LogP contribution in [0, 0.1) is 5.41 Å². The van der Waals surface area contributed by atoms with Crippen molar-refractivity contribution in [1.82, 2.24) is 5.32 Å². The number of benzene rings is 1. The fraction of sp³-hybridized carbons (Fsp3) is 0.647. The standard InChI is InChI=1S/C17H29NO2/c1-7-18-14(11-12-17(2,3)4)13-9-8-10-15(19-5)16(13)20-6/h8-10,14,18H,7,11-12H2,1-6H3. The second-order valence-corrected chi connectivity index (χ2v) is 6.29. The lowest BCUT2D eigenvalue weighted by molar-refractivity contribution is 0.320. The summed E-state index contributed by atoms with van der Waals surface area (Å²) in [6.07, 6.45) is 2.24. The van der Waals surface area contributed by atoms with Gasteiger partial charge in [-0.15, -0.1) is 0 Å². The lowest BCUT2D eigenvalue weighted by Crippen LogP contribution is -2.23. The Morgan fingerprint density at radius 1 is 1.15 bits per heavy atom. The number of hydrogen-bond acceptors (Lipinski definition) is 3. The number of para-hydroxylation sites is 1. The van der Waals surface area contributed by atoms with Crippen LogP contribution in [0.5, 0.6) is 11.5 Å². The van der Waals surface area contributed by atoms with Crippen molar-refractivity contribution in [3.05, 3.63) is 23.8 Å². The summed E-state index contributed by atoms with van der Waals surface area (Å²) in [7, 11) is 3.38. The third-order valence-electron chi connectivity index (χ3n) is 3.44. The minimum atomic E-state index is 0.296. The van der Waals surface area contributed by atoms with Crippen molar-refractivity contribution < 1.29 is 9.47 Å². The fourth-order valence-corrected chi connectivity index (χ4v) is 2.38. The van der Waals surface area contributed by atoms with Crippen LogP contribution in [0.2, 0.25) is 0 Å². The van der Waals surface area contributed by atoms with Gasteiger partial charge < -0.3 is 14.8 Å². The monoisotopic (exact) mass is 279 g/mol. The molecule has 0 radical (unpaired) electrons. The zero-order valence-corrected chi connectivity index (χ0v) is 13.7. The summed E-state index contributed by atoms with van der Waals surface area (Å²) in [5, 5.41) is 3.56. The molecule has 0 aliphatic rings. The van der Waals surface area contributed by atoms with E-state index in [0.717, 1.165) is 30.9 Å². The van der Waals surface area contributed by atoms with Crippen LogP contribution >= 0.6 is 0 Å². The van der Waals surface area contributed by atoms with E-state index in [2.05, 4.69) is 39.1 Å². The molecule has 0 heterocycles. The molecule has 1 unspecified atom stereocenters. The molecule has 1 N–H and O–H groups in total. The molecule has 1 atom stereocenters. The van der Waals surface area contributed by atoms with Crippen molar-refractivity contribution in [2.75, 3.05) is 20.8 Å². The second-order valence-electron chi connectivity index (χ2n) is 6.29. The Kier molecular flexibility index (Phi) is 6.34. The minimum absolute atomic E-state index is 0.296. The average Bonchev–Trinajstić information content (AvgIpc) is 2.41. The van der Waals surface area contributed by atoms with Crippen LogP contribution in [-0.4, -0.2) is 20.8 Å². The Morgan fingerprint density at radius 2 is 1.85 bits per heavy atom. The highest BCUT2D eigenvalue weighted by molar-refractivity contribution is 5.48. The van der Waals surface area contributed by atoms with Crippen LogP contribution in [0.3, 0.4) is 0 Å². The molecule has 0 saturated heterocycles. The molecule has 20 heavy (non-hydrogen) atoms. The molecule has 0 aliphatic carbocycles. The van der Waals surface area contributed by atoms with E-state index < -0.39 is 0 Å². The Labute approximate surface area is 123 Å². The topological polar surface area (TPSA) is 30.5 Å². The highest BCUT2D eigenvalue weighted by atomic mass is 16.5. The maximum atomic E-state index is 5.56. The maximum Gasteiger partial charge on any atom is 0.165 e. The number of rotatable bonds is 7. The van der Waals surface area contributed by atoms with Crippen LogP contribution in [0.1, 0.15) is 52.1 Å². The summed E-state index contributed by atoms with van der Waals surface area (Å²) in [5.41, 5.74) is 1.51. The van der Waals surface area contributed by atoms with Crippen molar-refractivity contribution in [2.24, 2.45) is 5.41 Å². The van der Waals surface area contributed by atoms with Gasteiger partial charge in [0.05, 0.1) is 14.2 Å². The molecule has 0 aromatic heterocycles. The molecule has 3 heteroatoms. The molecule has 114 valence electrons. The normalized spacial score (nSPS) is 13.1. The van der Waals surface area contributed by atoms with E-state index >= 15 is 0 Å². The van der Waals surface area contributed by atoms with Gasteiger partial charge in [-0.05, 0) is 30.9 Å². The molecule has 1 aromatic rings. The van der Waals surface area contributed by atoms with Gasteiger partial charge in [0.25, 0.3) is 0 Å². The number of hydrogen-bond donors (Lipinski definition) is 1. The molecular weight excluding hydrogens is 250 g/mol. The predicted octanol–water partition coefficient (Wildman–Crippen LogP) is 4.18. The lowest BCUT2D eigenvalue weighted by atomic mass is 9.87. The van der Waals surface area contributed by atoms with Gasteiger partial charge >= 0.3 is 0 Å². The van der Waals surface area contributed by atoms with Gasteiger partial charge in [0.15, 0.2) is 11.5 Å². The number of ether oxygens (including phenoxy) is 2. The van der Waals surface area contributed by atoms with Crippen LogP contribution in [0.25, 0.3) is 0 Å². The Balaban J connectivity index is 3.01. The van der Waals surface area contributed by atoms with Gasteiger partial charge in [0.1, 0.15) is 0 Å². The van der Waals surface area contributed by atoms with Crippen molar-refractivity contribution in [3.8, 4) is 11.5 Å². The third-order valence-corrected chi connectivity index (χ3v) is 3.44. The van der Waals surface area contributed by atoms with Crippen LogP contribution < -0.4 is 14.8 Å². The third kappa shape index (κ3) is 4.71. The minimum Gasteiger partial charge on any atom is -0.493 e. The van der Waals surface area contributed by atoms with E-state index in [4.69, 9.17) is 9.47 Å². The Hall–Kier alpha value is -1.22. The molecule has 1 aromatic carbocycles. The molecule has 0 aliphatic heterocycles. The zero-order chi connectivity index (χ0) is 15.2. The van der Waals surface area contributed by atoms with Crippen molar-refractivity contribution in [2.45, 2.75) is 46.6 Å². The first kappa shape index (κ1) is 16.8. The second kappa shape index (κ2) is 7.53. The first-order valence-corrected chi connectivity index (χ1v) is 7.37. The van der Waals surface area contributed by atoms with Gasteiger partial charge in [-0.2, -0.15) is 0 Å². The Bertz CT molecular complexity index is 410. The number of nitrogens with one attached hydrogen (secondary N) is 1. The highest BCUT2D eigenvalue weighted by Crippen LogP contribution is 2.37. The Morgan fingerprint density at radius 3 is 2.35 bits per heavy atom. The molecule has 0 fully saturated rings. The SMILES string of the molecule is CCNC(CCC(C)(C)C)c1cccc(OC)c1OC. The maximum absolute atomic E-state index is 5.56. The van der Waals surface area contributed by atoms with E-state index in [1.54, 1.807) is 14.2 Å². The molecule has 0 saturated carbocycles. The summed E-state index contributed by atoms with van der Waals surface area (Å²) >= 11 is 0. The molecule has 3 nitrogen and oxygen atoms in total. The summed E-state index contributed by atoms with van der Waals surface area (Å²) in [6, 6.07) is 6.38. The van der Waals surface area contributed by atoms with Crippen molar-refractivity contribution in [3.63, 3.8) is 0 Å². The van der Waals surface area contributed by atoms with E-state index in [9.17, 15) is 0 Å². The van der Waals surface area contributed by atoms with Crippen LogP contribution in [-0.2, 0) is 0 Å². The van der Waals surface area contributed by atoms with Gasteiger partial charge in [-0.3, -0.25) is 0 Å². The first-order valence-electron chi connectivity index (χ1n) is 7.37. The molecular formula is C17H29NO2. The quantitative estimate of drug-likeness (QED) is 0.812. The number of methoxy groups -OCH3 is 2. The summed E-state index contributed by atoms with van der Waals surface area (Å²) in [6.45, 7) is 9.91. The van der Waals surface area contributed by atoms with Crippen molar-refractivity contribution in [1.29, 1.82) is 0 Å². The van der Waals surface area contributed by atoms with Gasteiger partial charge in [0, 0.05) is 11.6 Å². The van der Waals surface area contributed by atoms with E-state index in [1.807, 2.05) is 12.1 Å². The largest absolute Gasteiger partial charge is 0.493 e. The fourth-order valence-electron chi connectivity index (χ4n) is 2.38. The van der Waals surface area contributed by atoms with Crippen LogP contribution in [0.15, 0.2) is 18.2 Å². The van der Waals surface area contributed by atoms with Gasteiger partial charge in [0.2, 0.25) is 0 Å². The molecule has 0 spiro atoms. The van der Waals surface area contributed by atoms with Gasteiger partial charge in [-0.25, -0.2) is 0 Å². The first-order chi connectivity index (χ1) is 9.42. The average molecular weight is 279 g/mol. The molecule has 0 amide bonds. The summed E-state index contributed by atoms with van der Waals surface area (Å²) in [5.74, 6) is 1.64. The predicted molar refractivity (Wildman–Crippen MR) is 84.7 cm³/mol. The lowest BCUT2D eigenvalue weighted by Gasteiger charge is -2.25. The molecule has 1 rings (SSSR count). The van der Waals surface area contributed by atoms with Crippen LogP contribution in [0.4, 0.5) is 0 Å². The highest BCUT2D eigenvalue weighted by Gasteiger charge is 2.20. The van der Waals surface area contributed by atoms with Crippen molar-refractivity contribution >= 4 is 0 Å². The van der Waals surface area contributed by atoms with E-state index in [1.165, 1.54) is 5.56 Å². The summed E-state index contributed by atoms with van der Waals surface area (Å²) in [4.78, 5) is 0. The summed E-state index contributed by atoms with van der Waals surface area (Å²) < 4.78 is 11.0. The van der Waals surface area contributed by atoms with Gasteiger partial charge in [-0.1, -0.05) is 39.8 Å². The zero-order valence-electron chi connectivity index (χ0n) is 13.7. The van der Waals surface area contributed by atoms with E-state index in [-0.39, 0.29) is 0 Å². The smallest absolute Gasteiger partial charge is 0.165 e. The molecule has 0 bridgehead atoms.